The number of anilines is 2. The molecule has 4 aromatic rings. The van der Waals surface area contributed by atoms with Gasteiger partial charge in [-0.05, 0) is 66.1 Å². The van der Waals surface area contributed by atoms with Crippen molar-refractivity contribution in [3.8, 4) is 0 Å². The van der Waals surface area contributed by atoms with Gasteiger partial charge in [0.1, 0.15) is 18.9 Å². The van der Waals surface area contributed by atoms with Crippen molar-refractivity contribution >= 4 is 80.8 Å². The molecular formula is C43H51N5O4S2+2. The molecule has 282 valence electrons. The molecule has 2 heterocycles. The second-order valence-electron chi connectivity index (χ2n) is 12.8. The quantitative estimate of drug-likeness (QED) is 0.0431. The Morgan fingerprint density at radius 1 is 0.574 bits per heavy atom. The number of hydrogen-bond donors (Lipinski definition) is 3. The van der Waals surface area contributed by atoms with Gasteiger partial charge in [0.2, 0.25) is 29.1 Å². The van der Waals surface area contributed by atoms with E-state index < -0.39 is 0 Å². The number of aromatic nitrogens is 2. The smallest absolute Gasteiger partial charge is 0.221 e. The molecule has 0 aliphatic heterocycles. The predicted molar refractivity (Wildman–Crippen MR) is 223 cm³/mol. The molecule has 0 unspecified atom stereocenters. The van der Waals surface area contributed by atoms with Crippen LogP contribution >= 0.6 is 21.6 Å². The fourth-order valence-electron chi connectivity index (χ4n) is 5.56. The first-order chi connectivity index (χ1) is 26.2. The van der Waals surface area contributed by atoms with E-state index in [1.807, 2.05) is 103 Å². The molecule has 0 aliphatic rings. The highest BCUT2D eigenvalue weighted by Crippen LogP contribution is 2.22. The largest absolute Gasteiger partial charge is 0.355 e. The van der Waals surface area contributed by atoms with Gasteiger partial charge in [0.05, 0.1) is 0 Å². The Hall–Kier alpha value is -5.00. The summed E-state index contributed by atoms with van der Waals surface area (Å²) < 4.78 is 4.31. The average molecular weight is 766 g/mol. The molecule has 9 nitrogen and oxygen atoms in total. The zero-order valence-electron chi connectivity index (χ0n) is 31.2. The van der Waals surface area contributed by atoms with Gasteiger partial charge >= 0.3 is 0 Å². The summed E-state index contributed by atoms with van der Waals surface area (Å²) in [5.41, 5.74) is 5.72. The van der Waals surface area contributed by atoms with Crippen LogP contribution in [0.4, 0.5) is 11.4 Å². The summed E-state index contributed by atoms with van der Waals surface area (Å²) >= 11 is 0. The second kappa shape index (κ2) is 23.6. The average Bonchev–Trinajstić information content (AvgIpc) is 3.16. The van der Waals surface area contributed by atoms with E-state index in [1.54, 1.807) is 21.6 Å². The van der Waals surface area contributed by atoms with Crippen LogP contribution in [0.5, 0.6) is 0 Å². The molecule has 2 aromatic heterocycles. The number of benzene rings is 2. The molecule has 0 spiro atoms. The van der Waals surface area contributed by atoms with Crippen LogP contribution in [-0.2, 0) is 32.3 Å². The van der Waals surface area contributed by atoms with Crippen LogP contribution in [0, 0.1) is 0 Å². The Kier molecular flexibility index (Phi) is 18.3. The maximum Gasteiger partial charge on any atom is 0.221 e. The first-order valence-corrected chi connectivity index (χ1v) is 20.9. The molecule has 4 rings (SSSR count). The number of nitrogens with one attached hydrogen (secondary N) is 3. The van der Waals surface area contributed by atoms with Crippen molar-refractivity contribution in [1.29, 1.82) is 0 Å². The van der Waals surface area contributed by atoms with Crippen LogP contribution in [0.1, 0.15) is 74.9 Å². The van der Waals surface area contributed by atoms with E-state index >= 15 is 0 Å². The predicted octanol–water partition coefficient (Wildman–Crippen LogP) is 7.63. The number of amides is 3. The summed E-state index contributed by atoms with van der Waals surface area (Å²) in [6.45, 7) is 5.12. The molecular weight excluding hydrogens is 715 g/mol. The van der Waals surface area contributed by atoms with Gasteiger partial charge in [-0.3, -0.25) is 19.2 Å². The minimum atomic E-state index is -0.0930. The summed E-state index contributed by atoms with van der Waals surface area (Å²) in [5, 5.41) is 8.58. The molecule has 0 saturated carbocycles. The molecule has 0 atom stereocenters. The van der Waals surface area contributed by atoms with Gasteiger partial charge in [0, 0.05) is 112 Å². The third-order valence-electron chi connectivity index (χ3n) is 8.24. The normalized spacial score (nSPS) is 11.1. The summed E-state index contributed by atoms with van der Waals surface area (Å²) in [5.74, 6) is 1.91. The number of rotatable bonds is 22. The molecule has 0 saturated heterocycles. The number of nitrogens with zero attached hydrogens (tertiary/aromatic N) is 2. The number of pyridine rings is 2. The Morgan fingerprint density at radius 3 is 1.57 bits per heavy atom. The number of carbonyl (C=O) groups excluding carboxylic acids is 4. The van der Waals surface area contributed by atoms with E-state index in [-0.39, 0.29) is 17.7 Å². The van der Waals surface area contributed by atoms with Gasteiger partial charge in [-0.15, -0.1) is 0 Å². The van der Waals surface area contributed by atoms with Gasteiger partial charge in [0.25, 0.3) is 0 Å². The number of hydrogen-bond acceptors (Lipinski definition) is 6. The van der Waals surface area contributed by atoms with Crippen LogP contribution < -0.4 is 25.1 Å². The summed E-state index contributed by atoms with van der Waals surface area (Å²) in [6.07, 6.45) is 16.3. The van der Waals surface area contributed by atoms with Crippen molar-refractivity contribution in [1.82, 2.24) is 5.32 Å². The number of aryl methyl sites for hydroxylation is 2. The van der Waals surface area contributed by atoms with E-state index in [2.05, 4.69) is 43.3 Å². The van der Waals surface area contributed by atoms with Crippen molar-refractivity contribution in [3.05, 3.63) is 120 Å². The van der Waals surface area contributed by atoms with Gasteiger partial charge in [-0.25, -0.2) is 0 Å². The molecule has 2 aromatic carbocycles. The van der Waals surface area contributed by atoms with Crippen molar-refractivity contribution < 1.29 is 28.3 Å². The van der Waals surface area contributed by atoms with Gasteiger partial charge in [-0.1, -0.05) is 45.9 Å². The van der Waals surface area contributed by atoms with Gasteiger partial charge in [0.15, 0.2) is 12.4 Å². The molecule has 54 heavy (non-hydrogen) atoms. The molecule has 3 amide bonds. The summed E-state index contributed by atoms with van der Waals surface area (Å²) in [6, 6.07) is 27.5. The van der Waals surface area contributed by atoms with Crippen molar-refractivity contribution in [3.63, 3.8) is 0 Å². The molecule has 0 fully saturated rings. The lowest BCUT2D eigenvalue weighted by molar-refractivity contribution is -0.699. The van der Waals surface area contributed by atoms with Crippen molar-refractivity contribution in [2.24, 2.45) is 0 Å². The Labute approximate surface area is 327 Å². The minimum absolute atomic E-state index is 0.0606. The van der Waals surface area contributed by atoms with Crippen molar-refractivity contribution in [2.75, 3.05) is 28.7 Å². The Bertz CT molecular complexity index is 1740. The number of carbonyl (C=O) groups is 4. The van der Waals surface area contributed by atoms with E-state index in [1.165, 1.54) is 13.8 Å². The third kappa shape index (κ3) is 16.3. The highest BCUT2D eigenvalue weighted by atomic mass is 33.1. The zero-order valence-corrected chi connectivity index (χ0v) is 32.8. The fourth-order valence-corrected chi connectivity index (χ4v) is 7.56. The van der Waals surface area contributed by atoms with Crippen LogP contribution in [0.2, 0.25) is 0 Å². The molecule has 0 aliphatic carbocycles. The molecule has 0 radical (unpaired) electrons. The maximum absolute atomic E-state index is 12.5. The Morgan fingerprint density at radius 2 is 1.06 bits per heavy atom. The number of Topliss-reactive ketones (excluding diaryl/α,β-unsaturated/α-hetero) is 1. The number of ketones is 1. The van der Waals surface area contributed by atoms with Crippen LogP contribution in [-0.4, -0.2) is 41.6 Å². The highest BCUT2D eigenvalue weighted by Gasteiger charge is 2.11. The topological polar surface area (TPSA) is 112 Å². The van der Waals surface area contributed by atoms with E-state index in [0.29, 0.717) is 31.6 Å². The lowest BCUT2D eigenvalue weighted by Gasteiger charge is -2.05. The lowest BCUT2D eigenvalue weighted by Crippen LogP contribution is -2.37. The monoisotopic (exact) mass is 765 g/mol. The second-order valence-corrected chi connectivity index (χ2v) is 15.5. The third-order valence-corrected chi connectivity index (χ3v) is 10.7. The Balaban J connectivity index is 1.03. The van der Waals surface area contributed by atoms with Gasteiger partial charge in [-0.2, -0.15) is 9.13 Å². The fraction of sp³-hybridized carbons (Fsp3) is 0.302. The standard InChI is InChI=1S/C43H49N5O4S2/c1-34(49)45-38-21-15-36(16-22-38)19-25-40-10-3-5-28-47(40)30-7-12-42(51)13-9-32-53-54-33-27-44-43(52)14-8-31-48-29-6-4-11-41(48)26-20-37-17-23-39(24-18-37)46-35(2)50/h3-6,10-11,15-26,28-29H,7-9,12-14,27,30-33H2,1-2H3,(H,44,52)/p+2. The highest BCUT2D eigenvalue weighted by molar-refractivity contribution is 8.76. The lowest BCUT2D eigenvalue weighted by atomic mass is 10.1. The van der Waals surface area contributed by atoms with E-state index in [9.17, 15) is 19.2 Å². The van der Waals surface area contributed by atoms with Crippen LogP contribution in [0.3, 0.4) is 0 Å². The van der Waals surface area contributed by atoms with E-state index in [0.717, 1.165) is 77.7 Å². The minimum Gasteiger partial charge on any atom is -0.355 e. The maximum atomic E-state index is 12.5. The van der Waals surface area contributed by atoms with Crippen LogP contribution in [0.15, 0.2) is 97.3 Å². The zero-order chi connectivity index (χ0) is 38.4. The van der Waals surface area contributed by atoms with Crippen molar-refractivity contribution in [2.45, 2.75) is 65.5 Å². The first kappa shape index (κ1) is 41.8. The molecule has 3 N–H and O–H groups in total. The van der Waals surface area contributed by atoms with Gasteiger partial charge < -0.3 is 16.0 Å². The molecule has 0 bridgehead atoms. The first-order valence-electron chi connectivity index (χ1n) is 18.4. The van der Waals surface area contributed by atoms with Crippen LogP contribution in [0.25, 0.3) is 24.3 Å². The summed E-state index contributed by atoms with van der Waals surface area (Å²) in [4.78, 5) is 47.4. The SMILES string of the molecule is CC(=O)Nc1ccc(/C=C/c2cccc[n+]2CCCC(=O)CCCSSCCNC(=O)CCC[n+]2ccccc2/C=C/c2ccc(NC(C)=O)cc2)cc1. The van der Waals surface area contributed by atoms with E-state index in [4.69, 9.17) is 0 Å². The summed E-state index contributed by atoms with van der Waals surface area (Å²) in [7, 11) is 3.49. The molecule has 11 heteroatoms.